The number of methoxy groups -OCH3 is 2. The summed E-state index contributed by atoms with van der Waals surface area (Å²) in [6.45, 7) is 3.12. The van der Waals surface area contributed by atoms with E-state index < -0.39 is 23.9 Å². The second-order valence-corrected chi connectivity index (χ2v) is 14.9. The van der Waals surface area contributed by atoms with Gasteiger partial charge in [0.25, 0.3) is 0 Å². The van der Waals surface area contributed by atoms with E-state index in [-0.39, 0.29) is 31.5 Å². The fourth-order valence-electron chi connectivity index (χ4n) is 6.80. The zero-order valence-electron chi connectivity index (χ0n) is 28.7. The lowest BCUT2D eigenvalue weighted by atomic mass is 9.86. The molecule has 3 fully saturated rings. The molecule has 4 aromatic rings. The Morgan fingerprint density at radius 1 is 1.02 bits per heavy atom. The van der Waals surface area contributed by atoms with Gasteiger partial charge in [0.05, 0.1) is 20.6 Å². The van der Waals surface area contributed by atoms with Crippen LogP contribution in [0.4, 0.5) is 4.39 Å². The summed E-state index contributed by atoms with van der Waals surface area (Å²) in [5, 5.41) is 4.21. The van der Waals surface area contributed by atoms with Gasteiger partial charge in [-0.25, -0.2) is 13.8 Å². The molecule has 0 spiro atoms. The molecule has 3 aliphatic rings. The number of piperidine rings is 3. The van der Waals surface area contributed by atoms with Crippen molar-refractivity contribution in [2.75, 3.05) is 33.9 Å². The number of carbonyl (C=O) groups excluding carboxylic acids is 2. The van der Waals surface area contributed by atoms with E-state index in [1.54, 1.807) is 66.5 Å². The van der Waals surface area contributed by atoms with Crippen molar-refractivity contribution in [1.29, 1.82) is 0 Å². The maximum absolute atomic E-state index is 15.0. The number of pyridine rings is 1. The van der Waals surface area contributed by atoms with Crippen LogP contribution in [0.5, 0.6) is 11.5 Å². The van der Waals surface area contributed by atoms with Crippen LogP contribution in [0, 0.1) is 11.7 Å². The van der Waals surface area contributed by atoms with E-state index in [0.29, 0.717) is 49.0 Å². The number of thiophene rings is 1. The molecule has 270 valence electrons. The fourth-order valence-corrected chi connectivity index (χ4v) is 8.35. The van der Waals surface area contributed by atoms with Crippen molar-refractivity contribution in [3.05, 3.63) is 109 Å². The van der Waals surface area contributed by atoms with E-state index in [4.69, 9.17) is 42.1 Å². The summed E-state index contributed by atoms with van der Waals surface area (Å²) in [5.74, 6) is 0.0822. The molecule has 0 amide bonds. The normalized spacial score (nSPS) is 19.3. The van der Waals surface area contributed by atoms with Crippen molar-refractivity contribution >= 4 is 46.5 Å². The average molecular weight is 758 g/mol. The monoisotopic (exact) mass is 756 g/mol. The minimum absolute atomic E-state index is 0.0277. The van der Waals surface area contributed by atoms with Crippen LogP contribution in [0.25, 0.3) is 0 Å². The number of nitrogens with one attached hydrogen (secondary N) is 1. The third-order valence-electron chi connectivity index (χ3n) is 9.54. The zero-order chi connectivity index (χ0) is 36.1. The predicted molar refractivity (Wildman–Crippen MR) is 193 cm³/mol. The summed E-state index contributed by atoms with van der Waals surface area (Å²) in [4.78, 5) is 30.3. The highest BCUT2D eigenvalue weighted by atomic mass is 35.5. The van der Waals surface area contributed by atoms with Gasteiger partial charge in [-0.1, -0.05) is 47.5 Å². The number of ether oxygens (including phenoxy) is 4. The van der Waals surface area contributed by atoms with Crippen molar-refractivity contribution in [1.82, 2.24) is 10.2 Å². The molecule has 1 N–H and O–H groups in total. The summed E-state index contributed by atoms with van der Waals surface area (Å²) in [7, 11) is 4.90. The van der Waals surface area contributed by atoms with Gasteiger partial charge in [-0.3, -0.25) is 9.69 Å². The highest BCUT2D eigenvalue weighted by Crippen LogP contribution is 2.36. The van der Waals surface area contributed by atoms with E-state index in [1.807, 2.05) is 13.1 Å². The molecule has 3 aliphatic heterocycles. The van der Waals surface area contributed by atoms with Gasteiger partial charge in [-0.05, 0) is 67.7 Å². The number of rotatable bonds is 14. The van der Waals surface area contributed by atoms with Gasteiger partial charge in [0.15, 0.2) is 23.9 Å². The molecule has 3 atom stereocenters. The van der Waals surface area contributed by atoms with Crippen molar-refractivity contribution in [3.8, 4) is 11.5 Å². The van der Waals surface area contributed by atoms with Crippen LogP contribution in [0.2, 0.25) is 10.0 Å². The molecular weight excluding hydrogens is 716 g/mol. The molecule has 5 heterocycles. The number of esters is 2. The molecule has 2 aromatic carbocycles. The van der Waals surface area contributed by atoms with Crippen LogP contribution < -0.4 is 19.4 Å². The Bertz CT molecular complexity index is 1840. The molecule has 0 aliphatic carbocycles. The van der Waals surface area contributed by atoms with Gasteiger partial charge < -0.3 is 24.3 Å². The van der Waals surface area contributed by atoms with Gasteiger partial charge in [-0.15, -0.1) is 11.3 Å². The van der Waals surface area contributed by atoms with Gasteiger partial charge in [0.1, 0.15) is 40.0 Å². The van der Waals surface area contributed by atoms with E-state index in [2.05, 4.69) is 10.2 Å². The Labute approximate surface area is 311 Å². The quantitative estimate of drug-likeness (QED) is 0.108. The Morgan fingerprint density at radius 2 is 1.75 bits per heavy atom. The number of carbonyl (C=O) groups is 2. The van der Waals surface area contributed by atoms with Crippen LogP contribution in [0.1, 0.15) is 62.6 Å². The van der Waals surface area contributed by atoms with Crippen molar-refractivity contribution in [2.45, 2.75) is 50.5 Å². The number of benzene rings is 2. The molecule has 0 saturated carbocycles. The van der Waals surface area contributed by atoms with Crippen LogP contribution in [0.3, 0.4) is 0 Å². The van der Waals surface area contributed by atoms with Crippen LogP contribution in [-0.2, 0) is 34.3 Å². The smallest absolute Gasteiger partial charge is 0.348 e. The lowest BCUT2D eigenvalue weighted by molar-refractivity contribution is -0.671. The SMILES string of the molecule is COc1ccc([C@H](Cc2c(Cl)c[n+](C)cc2Cl)OC(=O)c2ccc(CNC(CC(=O)O[C@H]3CN4CCC3CC4)c3ccccc3F)s2)cc1OC. The highest BCUT2D eigenvalue weighted by molar-refractivity contribution is 7.13. The maximum Gasteiger partial charge on any atom is 0.348 e. The summed E-state index contributed by atoms with van der Waals surface area (Å²) in [5.41, 5.74) is 1.67. The van der Waals surface area contributed by atoms with E-state index in [0.717, 1.165) is 37.4 Å². The molecule has 13 heteroatoms. The summed E-state index contributed by atoms with van der Waals surface area (Å²) < 4.78 is 39.7. The Balaban J connectivity index is 1.16. The van der Waals surface area contributed by atoms with Crippen molar-refractivity contribution in [2.24, 2.45) is 13.0 Å². The predicted octanol–water partition coefficient (Wildman–Crippen LogP) is 7.03. The summed E-state index contributed by atoms with van der Waals surface area (Å²) in [6.07, 6.45) is 4.81. The number of hydrogen-bond donors (Lipinski definition) is 1. The number of halogens is 3. The Hall–Kier alpha value is -3.74. The largest absolute Gasteiger partial charge is 0.493 e. The number of hydrogen-bond acceptors (Lipinski definition) is 9. The Kier molecular flexibility index (Phi) is 12.1. The van der Waals surface area contributed by atoms with Crippen LogP contribution >= 0.6 is 34.5 Å². The Morgan fingerprint density at radius 3 is 2.41 bits per heavy atom. The first-order chi connectivity index (χ1) is 24.6. The maximum atomic E-state index is 15.0. The van der Waals surface area contributed by atoms with Gasteiger partial charge in [-0.2, -0.15) is 0 Å². The van der Waals surface area contributed by atoms with Gasteiger partial charge >= 0.3 is 11.9 Å². The standard InChI is InChI=1S/C38H41Cl2FN3O6S/c1-43-20-28(39)27(29(40)21-43)17-33(24-8-10-32(47-2)34(16-24)48-3)50-38(46)36-11-9-25(51-36)19-42-31(26-6-4-5-7-30(26)41)18-37(45)49-35-22-44-14-12-23(35)13-15-44/h4-11,16,20-21,23,31,33,35,42H,12-15,17-19,22H2,1-3H3/q+1/t31?,33-,35-/m0/s1. The van der Waals surface area contributed by atoms with E-state index in [9.17, 15) is 14.0 Å². The molecule has 0 radical (unpaired) electrons. The molecule has 7 rings (SSSR count). The lowest BCUT2D eigenvalue weighted by Crippen LogP contribution is -2.52. The number of aromatic nitrogens is 1. The topological polar surface area (TPSA) is 90.2 Å². The summed E-state index contributed by atoms with van der Waals surface area (Å²) >= 11 is 14.4. The minimum Gasteiger partial charge on any atom is -0.493 e. The van der Waals surface area contributed by atoms with Crippen LogP contribution in [0.15, 0.2) is 67.0 Å². The van der Waals surface area contributed by atoms with E-state index in [1.165, 1.54) is 24.5 Å². The molecular formula is C38H41Cl2FN3O6S+. The number of nitrogens with zero attached hydrogens (tertiary/aromatic N) is 2. The van der Waals surface area contributed by atoms with E-state index >= 15 is 0 Å². The number of aryl methyl sites for hydroxylation is 1. The first-order valence-electron chi connectivity index (χ1n) is 16.9. The summed E-state index contributed by atoms with van der Waals surface area (Å²) in [6, 6.07) is 14.6. The molecule has 2 aromatic heterocycles. The third-order valence-corrected chi connectivity index (χ3v) is 11.3. The molecule has 51 heavy (non-hydrogen) atoms. The molecule has 2 bridgehead atoms. The average Bonchev–Trinajstić information content (AvgIpc) is 3.61. The van der Waals surface area contributed by atoms with Gasteiger partial charge in [0, 0.05) is 41.6 Å². The van der Waals surface area contributed by atoms with Crippen molar-refractivity contribution in [3.63, 3.8) is 0 Å². The third kappa shape index (κ3) is 9.02. The van der Waals surface area contributed by atoms with Crippen molar-refractivity contribution < 1.29 is 37.5 Å². The number of fused-ring (bicyclic) bond motifs is 3. The first-order valence-corrected chi connectivity index (χ1v) is 18.4. The fraction of sp³-hybridized carbons (Fsp3) is 0.395. The molecule has 1 unspecified atom stereocenters. The molecule has 9 nitrogen and oxygen atoms in total. The molecule has 3 saturated heterocycles. The first kappa shape index (κ1) is 37.0. The highest BCUT2D eigenvalue weighted by Gasteiger charge is 2.37. The lowest BCUT2D eigenvalue weighted by Gasteiger charge is -2.44. The minimum atomic E-state index is -0.767. The second kappa shape index (κ2) is 16.7. The zero-order valence-corrected chi connectivity index (χ0v) is 31.0. The van der Waals surface area contributed by atoms with Crippen LogP contribution in [-0.4, -0.2) is 56.8 Å². The van der Waals surface area contributed by atoms with Gasteiger partial charge in [0.2, 0.25) is 0 Å². The second-order valence-electron chi connectivity index (χ2n) is 12.9.